The van der Waals surface area contributed by atoms with Crippen LogP contribution in [0.5, 0.6) is 0 Å². The zero-order valence-electron chi connectivity index (χ0n) is 5.91. The molecule has 0 amide bonds. The van der Waals surface area contributed by atoms with Crippen LogP contribution in [0.4, 0.5) is 0 Å². The molecule has 1 rings (SSSR count). The molecule has 1 aromatic heterocycles. The van der Waals surface area contributed by atoms with E-state index in [1.54, 1.807) is 12.4 Å². The predicted octanol–water partition coefficient (Wildman–Crippen LogP) is 1.87. The quantitative estimate of drug-likeness (QED) is 0.476. The fraction of sp³-hybridized carbons (Fsp3) is 0.286. The molecule has 1 heterocycles. The molecule has 0 aromatic carbocycles. The highest BCUT2D eigenvalue weighted by atomic mass is 14.6. The van der Waals surface area contributed by atoms with E-state index >= 15 is 0 Å². The van der Waals surface area contributed by atoms with E-state index in [1.807, 2.05) is 39.1 Å². The molecule has 0 aliphatic rings. The molecule has 2 heteroatoms. The zero-order chi connectivity index (χ0) is 6.95. The summed E-state index contributed by atoms with van der Waals surface area (Å²) >= 11 is 0. The lowest BCUT2D eigenvalue weighted by Crippen LogP contribution is -1.58. The van der Waals surface area contributed by atoms with Crippen molar-refractivity contribution < 1.29 is 0 Å². The van der Waals surface area contributed by atoms with E-state index in [-0.39, 0.29) is 0 Å². The molecule has 0 atom stereocenters. The first-order chi connectivity index (χ1) is 4.41. The highest BCUT2D eigenvalue weighted by Crippen LogP contribution is 1.73. The third-order valence-corrected chi connectivity index (χ3v) is 0.566. The van der Waals surface area contributed by atoms with Crippen molar-refractivity contribution in [1.82, 2.24) is 4.98 Å². The van der Waals surface area contributed by atoms with Gasteiger partial charge in [0.2, 0.25) is 0 Å². The van der Waals surface area contributed by atoms with Gasteiger partial charge in [-0.2, -0.15) is 0 Å². The van der Waals surface area contributed by atoms with Crippen molar-refractivity contribution in [2.45, 2.75) is 13.6 Å². The second-order valence-electron chi connectivity index (χ2n) is 1.60. The zero-order valence-corrected chi connectivity index (χ0v) is 5.91. The first-order valence-corrected chi connectivity index (χ1v) is 3.00. The van der Waals surface area contributed by atoms with Crippen molar-refractivity contribution in [3.63, 3.8) is 0 Å². The van der Waals surface area contributed by atoms with Gasteiger partial charge < -0.3 is 0 Å². The van der Waals surface area contributed by atoms with Crippen LogP contribution in [0.3, 0.4) is 0 Å². The molecular formula is C7H11BN. The van der Waals surface area contributed by atoms with Gasteiger partial charge in [0.05, 0.1) is 0 Å². The Kier molecular flexibility index (Phi) is 6.59. The Balaban J connectivity index is 0.000000187. The summed E-state index contributed by atoms with van der Waals surface area (Å²) in [7, 11) is 2.00. The maximum absolute atomic E-state index is 3.78. The summed E-state index contributed by atoms with van der Waals surface area (Å²) in [6, 6.07) is 5.72. The van der Waals surface area contributed by atoms with Gasteiger partial charge in [0.15, 0.2) is 0 Å². The largest absolute Gasteiger partial charge is 0.265 e. The average Bonchev–Trinajstić information content (AvgIpc) is 1.93. The van der Waals surface area contributed by atoms with Crippen molar-refractivity contribution in [3.8, 4) is 0 Å². The van der Waals surface area contributed by atoms with Crippen LogP contribution in [0.15, 0.2) is 30.6 Å². The summed E-state index contributed by atoms with van der Waals surface area (Å²) < 4.78 is 0. The van der Waals surface area contributed by atoms with E-state index in [2.05, 4.69) is 4.98 Å². The number of hydrogen-bond acceptors (Lipinski definition) is 1. The Morgan fingerprint density at radius 3 is 1.56 bits per heavy atom. The van der Waals surface area contributed by atoms with Crippen molar-refractivity contribution in [3.05, 3.63) is 30.6 Å². The highest BCUT2D eigenvalue weighted by Gasteiger charge is 1.58. The average molecular weight is 120 g/mol. The minimum atomic E-state index is 1.75. The van der Waals surface area contributed by atoms with Gasteiger partial charge in [-0.15, -0.1) is 0 Å². The minimum absolute atomic E-state index is 1.75. The molecule has 0 saturated heterocycles. The number of hydrogen-bond donors (Lipinski definition) is 0. The van der Waals surface area contributed by atoms with E-state index in [0.29, 0.717) is 0 Å². The van der Waals surface area contributed by atoms with Crippen molar-refractivity contribution >= 4 is 7.28 Å². The monoisotopic (exact) mass is 120 g/mol. The van der Waals surface area contributed by atoms with Gasteiger partial charge in [0, 0.05) is 12.4 Å². The Labute approximate surface area is 57.4 Å². The lowest BCUT2D eigenvalue weighted by Gasteiger charge is -1.70. The van der Waals surface area contributed by atoms with Crippen LogP contribution >= 0.6 is 0 Å². The van der Waals surface area contributed by atoms with Gasteiger partial charge in [-0.3, -0.25) is 4.98 Å². The number of pyridine rings is 1. The summed E-state index contributed by atoms with van der Waals surface area (Å²) in [5.74, 6) is 0. The topological polar surface area (TPSA) is 12.9 Å². The van der Waals surface area contributed by atoms with Crippen LogP contribution in [-0.4, -0.2) is 12.3 Å². The van der Waals surface area contributed by atoms with Gasteiger partial charge in [-0.1, -0.05) is 19.7 Å². The molecule has 0 N–H and O–H groups in total. The summed E-state index contributed by atoms with van der Waals surface area (Å²) in [6.07, 6.45) is 3.50. The molecule has 1 aromatic rings. The second kappa shape index (κ2) is 7.21. The minimum Gasteiger partial charge on any atom is -0.265 e. The smallest absolute Gasteiger partial charge is 0.102 e. The maximum atomic E-state index is 3.78. The predicted molar refractivity (Wildman–Crippen MR) is 41.7 cm³/mol. The van der Waals surface area contributed by atoms with Gasteiger partial charge in [-0.25, -0.2) is 0 Å². The standard InChI is InChI=1S/C5H5N.C2H6B/c1-2-4-6-5-3-1;1-3-2/h1-5H;1-2H3. The summed E-state index contributed by atoms with van der Waals surface area (Å²) in [6.45, 7) is 4.00. The van der Waals surface area contributed by atoms with E-state index in [4.69, 9.17) is 0 Å². The van der Waals surface area contributed by atoms with Gasteiger partial charge in [0.1, 0.15) is 7.28 Å². The maximum Gasteiger partial charge on any atom is 0.102 e. The lowest BCUT2D eigenvalue weighted by molar-refractivity contribution is 1.33. The fourth-order valence-corrected chi connectivity index (χ4v) is 0.313. The molecule has 0 aliphatic heterocycles. The summed E-state index contributed by atoms with van der Waals surface area (Å²) in [5, 5.41) is 0. The SMILES string of the molecule is C[B]C.c1ccncc1. The molecule has 1 radical (unpaired) electrons. The van der Waals surface area contributed by atoms with E-state index in [1.165, 1.54) is 0 Å². The second-order valence-corrected chi connectivity index (χ2v) is 1.60. The molecule has 0 fully saturated rings. The molecule has 47 valence electrons. The number of rotatable bonds is 0. The first kappa shape index (κ1) is 8.21. The summed E-state index contributed by atoms with van der Waals surface area (Å²) in [4.78, 5) is 3.78. The van der Waals surface area contributed by atoms with Crippen molar-refractivity contribution in [2.75, 3.05) is 0 Å². The first-order valence-electron chi connectivity index (χ1n) is 3.00. The molecule has 0 aliphatic carbocycles. The van der Waals surface area contributed by atoms with Crippen LogP contribution in [0.2, 0.25) is 13.6 Å². The van der Waals surface area contributed by atoms with Gasteiger partial charge in [-0.05, 0) is 12.1 Å². The van der Waals surface area contributed by atoms with Crippen LogP contribution < -0.4 is 0 Å². The summed E-state index contributed by atoms with van der Waals surface area (Å²) in [5.41, 5.74) is 0. The van der Waals surface area contributed by atoms with E-state index in [9.17, 15) is 0 Å². The third-order valence-electron chi connectivity index (χ3n) is 0.566. The highest BCUT2D eigenvalue weighted by molar-refractivity contribution is 6.31. The molecule has 9 heavy (non-hydrogen) atoms. The molecular weight excluding hydrogens is 109 g/mol. The van der Waals surface area contributed by atoms with Crippen LogP contribution in [-0.2, 0) is 0 Å². The van der Waals surface area contributed by atoms with Crippen molar-refractivity contribution in [1.29, 1.82) is 0 Å². The Hall–Kier alpha value is -0.785. The Morgan fingerprint density at radius 1 is 1.00 bits per heavy atom. The Bertz CT molecular complexity index is 91.8. The molecule has 1 nitrogen and oxygen atoms in total. The number of nitrogens with zero attached hydrogens (tertiary/aromatic N) is 1. The van der Waals surface area contributed by atoms with Crippen LogP contribution in [0.1, 0.15) is 0 Å². The van der Waals surface area contributed by atoms with E-state index < -0.39 is 0 Å². The van der Waals surface area contributed by atoms with Gasteiger partial charge >= 0.3 is 0 Å². The van der Waals surface area contributed by atoms with Crippen LogP contribution in [0, 0.1) is 0 Å². The van der Waals surface area contributed by atoms with Crippen molar-refractivity contribution in [2.24, 2.45) is 0 Å². The van der Waals surface area contributed by atoms with Gasteiger partial charge in [0.25, 0.3) is 0 Å². The fourth-order valence-electron chi connectivity index (χ4n) is 0.313. The normalized spacial score (nSPS) is 6.89. The lowest BCUT2D eigenvalue weighted by atomic mass is 9.88. The molecule has 0 bridgehead atoms. The van der Waals surface area contributed by atoms with E-state index in [0.717, 1.165) is 0 Å². The Morgan fingerprint density at radius 2 is 1.44 bits per heavy atom. The molecule has 0 spiro atoms. The molecule has 0 unspecified atom stereocenters. The third kappa shape index (κ3) is 7.21. The number of aromatic nitrogens is 1. The molecule has 0 saturated carbocycles. The van der Waals surface area contributed by atoms with Crippen LogP contribution in [0.25, 0.3) is 0 Å².